The number of likely N-dealkylation sites (N-methyl/N-ethyl adjacent to an activating group) is 1. The van der Waals surface area contributed by atoms with E-state index in [0.29, 0.717) is 0 Å². The number of alkyl halides is 1. The van der Waals surface area contributed by atoms with Crippen molar-refractivity contribution in [3.63, 3.8) is 0 Å². The Labute approximate surface area is 122 Å². The Kier molecular flexibility index (Phi) is 6.67. The quantitative estimate of drug-likeness (QED) is 0.691. The third-order valence-electron chi connectivity index (χ3n) is 3.48. The van der Waals surface area contributed by atoms with Crippen LogP contribution in [0.3, 0.4) is 0 Å². The van der Waals surface area contributed by atoms with Gasteiger partial charge in [-0.25, -0.2) is 0 Å². The van der Waals surface area contributed by atoms with Gasteiger partial charge < -0.3 is 9.64 Å². The van der Waals surface area contributed by atoms with Gasteiger partial charge in [0, 0.05) is 6.54 Å². The lowest BCUT2D eigenvalue weighted by Crippen LogP contribution is -2.24. The Hall–Kier alpha value is -0.730. The molecule has 2 nitrogen and oxygen atoms in total. The largest absolute Gasteiger partial charge is 0.497 e. The van der Waals surface area contributed by atoms with Gasteiger partial charge in [0.15, 0.2) is 0 Å². The number of ether oxygens (including phenoxy) is 1. The number of hydrogen-bond donors (Lipinski definition) is 0. The summed E-state index contributed by atoms with van der Waals surface area (Å²) in [6.07, 6.45) is 2.44. The molecule has 1 rings (SSSR count). The molecular weight excluding hydrogens is 258 g/mol. The second-order valence-electron chi connectivity index (χ2n) is 5.26. The van der Waals surface area contributed by atoms with Gasteiger partial charge in [0.25, 0.3) is 0 Å². The van der Waals surface area contributed by atoms with Gasteiger partial charge in [-0.1, -0.05) is 13.3 Å². The van der Waals surface area contributed by atoms with E-state index in [2.05, 4.69) is 44.9 Å². The lowest BCUT2D eigenvalue weighted by Gasteiger charge is -2.23. The van der Waals surface area contributed by atoms with Crippen molar-refractivity contribution in [2.45, 2.75) is 39.0 Å². The third-order valence-corrected chi connectivity index (χ3v) is 3.84. The fourth-order valence-electron chi connectivity index (χ4n) is 2.43. The van der Waals surface area contributed by atoms with E-state index in [4.69, 9.17) is 16.3 Å². The molecule has 0 aromatic heterocycles. The number of benzene rings is 1. The number of rotatable bonds is 7. The van der Waals surface area contributed by atoms with Crippen LogP contribution in [0, 0.1) is 13.8 Å². The van der Waals surface area contributed by atoms with Crippen molar-refractivity contribution >= 4 is 11.6 Å². The summed E-state index contributed by atoms with van der Waals surface area (Å²) >= 11 is 6.60. The van der Waals surface area contributed by atoms with E-state index in [-0.39, 0.29) is 5.38 Å². The number of hydrogen-bond acceptors (Lipinski definition) is 2. The molecular formula is C16H26ClNO. The Morgan fingerprint density at radius 3 is 2.32 bits per heavy atom. The van der Waals surface area contributed by atoms with Crippen LogP contribution >= 0.6 is 11.6 Å². The number of halogens is 1. The zero-order valence-electron chi connectivity index (χ0n) is 12.8. The van der Waals surface area contributed by atoms with Gasteiger partial charge in [0.2, 0.25) is 0 Å². The maximum atomic E-state index is 6.60. The van der Waals surface area contributed by atoms with E-state index >= 15 is 0 Å². The highest BCUT2D eigenvalue weighted by Gasteiger charge is 2.16. The first-order valence-corrected chi connectivity index (χ1v) is 7.41. The van der Waals surface area contributed by atoms with Crippen LogP contribution in [0.5, 0.6) is 5.75 Å². The van der Waals surface area contributed by atoms with Crippen molar-refractivity contribution in [1.29, 1.82) is 0 Å². The fourth-order valence-corrected chi connectivity index (χ4v) is 3.01. The Morgan fingerprint density at radius 1 is 1.26 bits per heavy atom. The molecule has 0 spiro atoms. The summed E-state index contributed by atoms with van der Waals surface area (Å²) in [6, 6.07) is 4.12. The molecule has 0 aliphatic carbocycles. The standard InChI is InChI=1S/C16H26ClNO/c1-6-7-8-18(4)11-15(17)16-12(2)9-14(19-5)10-13(16)3/h9-10,15H,6-8,11H2,1-5H3. The summed E-state index contributed by atoms with van der Waals surface area (Å²) in [5.74, 6) is 0.905. The Morgan fingerprint density at radius 2 is 1.84 bits per heavy atom. The van der Waals surface area contributed by atoms with Gasteiger partial charge in [-0.05, 0) is 62.7 Å². The molecule has 1 atom stereocenters. The van der Waals surface area contributed by atoms with Gasteiger partial charge in [0.1, 0.15) is 5.75 Å². The zero-order valence-corrected chi connectivity index (χ0v) is 13.5. The molecule has 1 aromatic carbocycles. The van der Waals surface area contributed by atoms with E-state index < -0.39 is 0 Å². The van der Waals surface area contributed by atoms with Crippen LogP contribution in [0.15, 0.2) is 12.1 Å². The second-order valence-corrected chi connectivity index (χ2v) is 5.79. The van der Waals surface area contributed by atoms with E-state index in [9.17, 15) is 0 Å². The topological polar surface area (TPSA) is 12.5 Å². The second kappa shape index (κ2) is 7.76. The van der Waals surface area contributed by atoms with Crippen LogP contribution in [0.25, 0.3) is 0 Å². The zero-order chi connectivity index (χ0) is 14.4. The Balaban J connectivity index is 2.79. The molecule has 0 N–H and O–H groups in total. The summed E-state index contributed by atoms with van der Waals surface area (Å²) in [7, 11) is 3.84. The number of unbranched alkanes of at least 4 members (excludes halogenated alkanes) is 1. The van der Waals surface area contributed by atoms with E-state index in [1.54, 1.807) is 7.11 Å². The van der Waals surface area contributed by atoms with Gasteiger partial charge in [0.05, 0.1) is 12.5 Å². The van der Waals surface area contributed by atoms with Crippen molar-refractivity contribution in [1.82, 2.24) is 4.90 Å². The molecule has 1 unspecified atom stereocenters. The van der Waals surface area contributed by atoms with Crippen molar-refractivity contribution < 1.29 is 4.74 Å². The summed E-state index contributed by atoms with van der Waals surface area (Å²) in [4.78, 5) is 2.31. The van der Waals surface area contributed by atoms with E-state index in [1.165, 1.54) is 29.5 Å². The van der Waals surface area contributed by atoms with Crippen LogP contribution in [0.2, 0.25) is 0 Å². The molecule has 0 fully saturated rings. The minimum absolute atomic E-state index is 0.0350. The van der Waals surface area contributed by atoms with E-state index in [0.717, 1.165) is 18.8 Å². The van der Waals surface area contributed by atoms with Gasteiger partial charge in [-0.15, -0.1) is 11.6 Å². The van der Waals surface area contributed by atoms with Crippen LogP contribution < -0.4 is 4.74 Å². The minimum atomic E-state index is 0.0350. The number of methoxy groups -OCH3 is 1. The smallest absolute Gasteiger partial charge is 0.119 e. The maximum Gasteiger partial charge on any atom is 0.119 e. The predicted octanol–water partition coefficient (Wildman–Crippen LogP) is 4.32. The third kappa shape index (κ3) is 4.70. The lowest BCUT2D eigenvalue weighted by molar-refractivity contribution is 0.327. The summed E-state index contributed by atoms with van der Waals surface area (Å²) < 4.78 is 5.29. The SMILES string of the molecule is CCCCN(C)CC(Cl)c1c(C)cc(OC)cc1C. The van der Waals surface area contributed by atoms with E-state index in [1.807, 2.05) is 0 Å². The highest BCUT2D eigenvalue weighted by Crippen LogP contribution is 2.31. The van der Waals surface area contributed by atoms with Gasteiger partial charge in [-0.3, -0.25) is 0 Å². The average molecular weight is 284 g/mol. The van der Waals surface area contributed by atoms with Gasteiger partial charge >= 0.3 is 0 Å². The van der Waals surface area contributed by atoms with Crippen LogP contribution in [0.1, 0.15) is 41.8 Å². The molecule has 0 aliphatic rings. The van der Waals surface area contributed by atoms with Crippen LogP contribution in [-0.4, -0.2) is 32.1 Å². The van der Waals surface area contributed by atoms with Crippen molar-refractivity contribution in [2.75, 3.05) is 27.2 Å². The molecule has 1 aromatic rings. The minimum Gasteiger partial charge on any atom is -0.497 e. The highest BCUT2D eigenvalue weighted by molar-refractivity contribution is 6.21. The molecule has 108 valence electrons. The summed E-state index contributed by atoms with van der Waals surface area (Å²) in [5.41, 5.74) is 3.66. The summed E-state index contributed by atoms with van der Waals surface area (Å²) in [5, 5.41) is 0.0350. The molecule has 0 bridgehead atoms. The first-order chi connectivity index (χ1) is 8.99. The first kappa shape index (κ1) is 16.3. The molecule has 0 aliphatic heterocycles. The molecule has 0 amide bonds. The first-order valence-electron chi connectivity index (χ1n) is 6.97. The van der Waals surface area contributed by atoms with Crippen molar-refractivity contribution in [3.8, 4) is 5.75 Å². The molecule has 0 heterocycles. The highest BCUT2D eigenvalue weighted by atomic mass is 35.5. The van der Waals surface area contributed by atoms with Crippen molar-refractivity contribution in [3.05, 3.63) is 28.8 Å². The summed E-state index contributed by atoms with van der Waals surface area (Å²) in [6.45, 7) is 8.41. The van der Waals surface area contributed by atoms with Gasteiger partial charge in [-0.2, -0.15) is 0 Å². The molecule has 0 saturated carbocycles. The fraction of sp³-hybridized carbons (Fsp3) is 0.625. The predicted molar refractivity (Wildman–Crippen MR) is 83.5 cm³/mol. The maximum absolute atomic E-state index is 6.60. The number of aryl methyl sites for hydroxylation is 2. The molecule has 0 saturated heterocycles. The Bertz CT molecular complexity index is 383. The van der Waals surface area contributed by atoms with Crippen LogP contribution in [-0.2, 0) is 0 Å². The lowest BCUT2D eigenvalue weighted by atomic mass is 9.99. The normalized spacial score (nSPS) is 12.8. The molecule has 19 heavy (non-hydrogen) atoms. The van der Waals surface area contributed by atoms with Crippen LogP contribution in [0.4, 0.5) is 0 Å². The van der Waals surface area contributed by atoms with Crippen molar-refractivity contribution in [2.24, 2.45) is 0 Å². The monoisotopic (exact) mass is 283 g/mol. The molecule has 0 radical (unpaired) electrons. The number of nitrogens with zero attached hydrogens (tertiary/aromatic N) is 1. The average Bonchev–Trinajstić information content (AvgIpc) is 2.35. The molecule has 3 heteroatoms.